The van der Waals surface area contributed by atoms with Crippen LogP contribution >= 0.6 is 0 Å². The molecule has 3 heteroatoms. The van der Waals surface area contributed by atoms with Gasteiger partial charge in [-0.3, -0.25) is 0 Å². The van der Waals surface area contributed by atoms with Crippen LogP contribution in [0.5, 0.6) is 5.75 Å². The average Bonchev–Trinajstić information content (AvgIpc) is 3.32. The zero-order valence-electron chi connectivity index (χ0n) is 12.2. The fraction of sp³-hybridized carbons (Fsp3) is 0.333. The minimum Gasteiger partial charge on any atom is -0.487 e. The minimum atomic E-state index is 0.549. The van der Waals surface area contributed by atoms with E-state index in [2.05, 4.69) is 11.4 Å². The molecule has 21 heavy (non-hydrogen) atoms. The summed E-state index contributed by atoms with van der Waals surface area (Å²) in [6.45, 7) is 1.57. The molecule has 2 aromatic rings. The summed E-state index contributed by atoms with van der Waals surface area (Å²) in [5, 5.41) is 3.51. The molecule has 0 spiro atoms. The van der Waals surface area contributed by atoms with Crippen LogP contribution in [0.25, 0.3) is 0 Å². The van der Waals surface area contributed by atoms with Crippen molar-refractivity contribution in [2.75, 3.05) is 12.3 Å². The summed E-state index contributed by atoms with van der Waals surface area (Å²) < 4.78 is 5.79. The van der Waals surface area contributed by atoms with Gasteiger partial charge in [0.05, 0.1) is 5.69 Å². The number of benzene rings is 2. The second kappa shape index (κ2) is 6.64. The average molecular weight is 282 g/mol. The van der Waals surface area contributed by atoms with Gasteiger partial charge in [0, 0.05) is 6.04 Å². The van der Waals surface area contributed by atoms with E-state index >= 15 is 0 Å². The maximum Gasteiger partial charge on any atom is 0.142 e. The molecular formula is C18H22N2O. The standard InChI is InChI=1S/C18H22N2O/c19-17-12-14(10-11-20-16-7-8-16)6-9-18(17)21-13-15-4-2-1-3-5-15/h1-6,9,12,16,20H,7-8,10-11,13,19H2. The smallest absolute Gasteiger partial charge is 0.142 e. The molecule has 0 amide bonds. The van der Waals surface area contributed by atoms with Crippen LogP contribution in [0.1, 0.15) is 24.0 Å². The van der Waals surface area contributed by atoms with E-state index in [9.17, 15) is 0 Å². The van der Waals surface area contributed by atoms with Gasteiger partial charge in [0.2, 0.25) is 0 Å². The van der Waals surface area contributed by atoms with Crippen molar-refractivity contribution in [2.24, 2.45) is 0 Å². The van der Waals surface area contributed by atoms with Crippen LogP contribution < -0.4 is 15.8 Å². The van der Waals surface area contributed by atoms with Gasteiger partial charge in [0.15, 0.2) is 0 Å². The van der Waals surface area contributed by atoms with Crippen molar-refractivity contribution in [2.45, 2.75) is 31.9 Å². The lowest BCUT2D eigenvalue weighted by molar-refractivity contribution is 0.308. The Balaban J connectivity index is 1.53. The van der Waals surface area contributed by atoms with Gasteiger partial charge >= 0.3 is 0 Å². The first-order valence-corrected chi connectivity index (χ1v) is 7.60. The van der Waals surface area contributed by atoms with E-state index < -0.39 is 0 Å². The van der Waals surface area contributed by atoms with Gasteiger partial charge in [0.1, 0.15) is 12.4 Å². The van der Waals surface area contributed by atoms with E-state index in [1.165, 1.54) is 18.4 Å². The number of hydrogen-bond acceptors (Lipinski definition) is 3. The van der Waals surface area contributed by atoms with Crippen molar-refractivity contribution in [1.82, 2.24) is 5.32 Å². The van der Waals surface area contributed by atoms with Gasteiger partial charge in [-0.25, -0.2) is 0 Å². The van der Waals surface area contributed by atoms with Gasteiger partial charge in [-0.2, -0.15) is 0 Å². The SMILES string of the molecule is Nc1cc(CCNC2CC2)ccc1OCc1ccccc1. The summed E-state index contributed by atoms with van der Waals surface area (Å²) in [7, 11) is 0. The topological polar surface area (TPSA) is 47.3 Å². The first kappa shape index (κ1) is 14.0. The van der Waals surface area contributed by atoms with Crippen molar-refractivity contribution in [3.8, 4) is 5.75 Å². The quantitative estimate of drug-likeness (QED) is 0.767. The lowest BCUT2D eigenvalue weighted by Gasteiger charge is -2.11. The van der Waals surface area contributed by atoms with Crippen molar-refractivity contribution in [3.63, 3.8) is 0 Å². The predicted octanol–water partition coefficient (Wildman–Crippen LogP) is 3.14. The van der Waals surface area contributed by atoms with Crippen LogP contribution in [0.3, 0.4) is 0 Å². The first-order valence-electron chi connectivity index (χ1n) is 7.60. The third kappa shape index (κ3) is 4.23. The molecule has 0 heterocycles. The molecule has 1 aliphatic rings. The number of nitrogen functional groups attached to an aromatic ring is 1. The van der Waals surface area contributed by atoms with E-state index in [1.54, 1.807) is 0 Å². The monoisotopic (exact) mass is 282 g/mol. The van der Waals surface area contributed by atoms with Gasteiger partial charge in [0.25, 0.3) is 0 Å². The Morgan fingerprint density at radius 1 is 1.05 bits per heavy atom. The van der Waals surface area contributed by atoms with E-state index in [4.69, 9.17) is 10.5 Å². The zero-order chi connectivity index (χ0) is 14.5. The Morgan fingerprint density at radius 3 is 2.57 bits per heavy atom. The molecule has 0 unspecified atom stereocenters. The summed E-state index contributed by atoms with van der Waals surface area (Å²) in [6.07, 6.45) is 3.67. The number of rotatable bonds is 7. The number of nitrogens with two attached hydrogens (primary N) is 1. The molecule has 1 fully saturated rings. The van der Waals surface area contributed by atoms with Crippen molar-refractivity contribution < 1.29 is 4.74 Å². The Bertz CT molecular complexity index is 579. The number of anilines is 1. The van der Waals surface area contributed by atoms with Crippen LogP contribution in [0.4, 0.5) is 5.69 Å². The van der Waals surface area contributed by atoms with Crippen LogP contribution in [-0.2, 0) is 13.0 Å². The highest BCUT2D eigenvalue weighted by molar-refractivity contribution is 5.54. The fourth-order valence-corrected chi connectivity index (χ4v) is 2.33. The highest BCUT2D eigenvalue weighted by Crippen LogP contribution is 2.24. The van der Waals surface area contributed by atoms with Crippen LogP contribution in [-0.4, -0.2) is 12.6 Å². The summed E-state index contributed by atoms with van der Waals surface area (Å²) in [5.74, 6) is 0.762. The second-order valence-electron chi connectivity index (χ2n) is 5.62. The number of hydrogen-bond donors (Lipinski definition) is 2. The summed E-state index contributed by atoms with van der Waals surface area (Å²) in [6, 6.07) is 17.0. The summed E-state index contributed by atoms with van der Waals surface area (Å²) >= 11 is 0. The molecule has 2 aromatic carbocycles. The largest absolute Gasteiger partial charge is 0.487 e. The fourth-order valence-electron chi connectivity index (χ4n) is 2.33. The van der Waals surface area contributed by atoms with Crippen molar-refractivity contribution in [3.05, 3.63) is 59.7 Å². The third-order valence-electron chi connectivity index (χ3n) is 3.74. The maximum absolute atomic E-state index is 6.08. The molecule has 0 aromatic heterocycles. The Kier molecular flexibility index (Phi) is 4.41. The minimum absolute atomic E-state index is 0.549. The highest BCUT2D eigenvalue weighted by atomic mass is 16.5. The number of ether oxygens (including phenoxy) is 1. The zero-order valence-corrected chi connectivity index (χ0v) is 12.2. The highest BCUT2D eigenvalue weighted by Gasteiger charge is 2.19. The van der Waals surface area contributed by atoms with E-state index in [1.807, 2.05) is 42.5 Å². The Hall–Kier alpha value is -2.00. The molecule has 3 rings (SSSR count). The molecule has 0 bridgehead atoms. The molecule has 1 aliphatic carbocycles. The van der Waals surface area contributed by atoms with Crippen LogP contribution in [0.15, 0.2) is 48.5 Å². The van der Waals surface area contributed by atoms with E-state index in [0.717, 1.165) is 36.0 Å². The van der Waals surface area contributed by atoms with Crippen molar-refractivity contribution in [1.29, 1.82) is 0 Å². The molecular weight excluding hydrogens is 260 g/mol. The maximum atomic E-state index is 6.08. The second-order valence-corrected chi connectivity index (χ2v) is 5.62. The molecule has 0 atom stereocenters. The Labute approximate surface area is 126 Å². The van der Waals surface area contributed by atoms with Crippen LogP contribution in [0, 0.1) is 0 Å². The van der Waals surface area contributed by atoms with Gasteiger partial charge in [-0.1, -0.05) is 36.4 Å². The predicted molar refractivity (Wildman–Crippen MR) is 86.4 cm³/mol. The lowest BCUT2D eigenvalue weighted by Crippen LogP contribution is -2.19. The molecule has 0 radical (unpaired) electrons. The summed E-state index contributed by atoms with van der Waals surface area (Å²) in [5.41, 5.74) is 9.21. The van der Waals surface area contributed by atoms with E-state index in [-0.39, 0.29) is 0 Å². The molecule has 3 N–H and O–H groups in total. The molecule has 0 aliphatic heterocycles. The molecule has 3 nitrogen and oxygen atoms in total. The first-order chi connectivity index (χ1) is 10.3. The summed E-state index contributed by atoms with van der Waals surface area (Å²) in [4.78, 5) is 0. The molecule has 110 valence electrons. The van der Waals surface area contributed by atoms with E-state index in [0.29, 0.717) is 6.61 Å². The molecule has 1 saturated carbocycles. The van der Waals surface area contributed by atoms with Crippen LogP contribution in [0.2, 0.25) is 0 Å². The number of nitrogens with one attached hydrogen (secondary N) is 1. The molecule has 0 saturated heterocycles. The van der Waals surface area contributed by atoms with Gasteiger partial charge < -0.3 is 15.8 Å². The lowest BCUT2D eigenvalue weighted by atomic mass is 10.1. The third-order valence-corrected chi connectivity index (χ3v) is 3.74. The van der Waals surface area contributed by atoms with Gasteiger partial charge in [-0.05, 0) is 49.1 Å². The van der Waals surface area contributed by atoms with Gasteiger partial charge in [-0.15, -0.1) is 0 Å². The Morgan fingerprint density at radius 2 is 1.86 bits per heavy atom. The van der Waals surface area contributed by atoms with Crippen molar-refractivity contribution >= 4 is 5.69 Å². The normalized spacial score (nSPS) is 14.1.